The smallest absolute Gasteiger partial charge is 0.416 e. The van der Waals surface area contributed by atoms with E-state index < -0.39 is 32.8 Å². The van der Waals surface area contributed by atoms with E-state index in [1.807, 2.05) is 0 Å². The largest absolute Gasteiger partial charge is 0.480 e. The highest BCUT2D eigenvalue weighted by atomic mass is 32.2. The molecule has 0 heterocycles. The maximum absolute atomic E-state index is 12.7. The summed E-state index contributed by atoms with van der Waals surface area (Å²) in [5.41, 5.74) is 0.706. The molecule has 2 rings (SSSR count). The van der Waals surface area contributed by atoms with E-state index >= 15 is 0 Å². The minimum absolute atomic E-state index is 0.0283. The fourth-order valence-electron chi connectivity index (χ4n) is 3.04. The topological polar surface area (TPSA) is 71.4 Å². The van der Waals surface area contributed by atoms with Crippen molar-refractivity contribution < 1.29 is 31.5 Å². The van der Waals surface area contributed by atoms with Crippen LogP contribution >= 0.6 is 0 Å². The van der Waals surface area contributed by atoms with Gasteiger partial charge in [0.2, 0.25) is 0 Å². The highest BCUT2D eigenvalue weighted by Gasteiger charge is 2.33. The van der Waals surface area contributed by atoms with Gasteiger partial charge in [0.05, 0.1) is 10.5 Å². The Morgan fingerprint density at radius 1 is 1.03 bits per heavy atom. The Hall–Kier alpha value is -2.35. The molecule has 0 bridgehead atoms. The normalized spacial score (nSPS) is 13.2. The number of carbonyl (C=O) groups is 1. The third kappa shape index (κ3) is 6.32. The number of sulfone groups is 1. The van der Waals surface area contributed by atoms with Crippen molar-refractivity contribution in [2.75, 3.05) is 0 Å². The first-order valence-corrected chi connectivity index (χ1v) is 10.8. The maximum atomic E-state index is 12.7. The molecule has 0 saturated carbocycles. The Bertz CT molecular complexity index is 935. The molecular weight excluding hydrogens is 405 g/mol. The number of hydrogen-bond donors (Lipinski definition) is 1. The average molecular weight is 428 g/mol. The zero-order valence-corrected chi connectivity index (χ0v) is 16.8. The maximum Gasteiger partial charge on any atom is 0.416 e. The molecule has 4 nitrogen and oxygen atoms in total. The van der Waals surface area contributed by atoms with E-state index in [1.165, 1.54) is 18.2 Å². The predicted octanol–water partition coefficient (Wildman–Crippen LogP) is 5.04. The second-order valence-electron chi connectivity index (χ2n) is 6.98. The first-order valence-electron chi connectivity index (χ1n) is 9.21. The summed E-state index contributed by atoms with van der Waals surface area (Å²) in [7, 11) is -4.00. The van der Waals surface area contributed by atoms with Crippen molar-refractivity contribution >= 4 is 15.8 Å². The quantitative estimate of drug-likeness (QED) is 0.568. The van der Waals surface area contributed by atoms with Gasteiger partial charge in [-0.15, -0.1) is 0 Å². The molecule has 0 saturated heterocycles. The first-order chi connectivity index (χ1) is 13.5. The molecule has 1 atom stereocenters. The van der Waals surface area contributed by atoms with Crippen molar-refractivity contribution in [3.05, 3.63) is 65.2 Å². The van der Waals surface area contributed by atoms with Gasteiger partial charge >= 0.3 is 12.1 Å². The Labute approximate surface area is 168 Å². The zero-order valence-electron chi connectivity index (χ0n) is 15.9. The molecule has 0 aromatic heterocycles. The number of aliphatic carboxylic acids is 1. The lowest BCUT2D eigenvalue weighted by Crippen LogP contribution is -2.30. The van der Waals surface area contributed by atoms with Crippen LogP contribution in [-0.2, 0) is 27.2 Å². The molecule has 0 spiro atoms. The van der Waals surface area contributed by atoms with Crippen LogP contribution in [0.1, 0.15) is 42.4 Å². The van der Waals surface area contributed by atoms with Gasteiger partial charge in [-0.2, -0.15) is 13.2 Å². The summed E-state index contributed by atoms with van der Waals surface area (Å²) in [6, 6.07) is 11.1. The Balaban J connectivity index is 1.92. The zero-order chi connectivity index (χ0) is 21.7. The third-order valence-electron chi connectivity index (χ3n) is 4.69. The second kappa shape index (κ2) is 9.43. The van der Waals surface area contributed by atoms with Gasteiger partial charge in [-0.3, -0.25) is 4.79 Å². The lowest BCUT2D eigenvalue weighted by Gasteiger charge is -2.14. The summed E-state index contributed by atoms with van der Waals surface area (Å²) in [5, 5.41) is 7.84. The summed E-state index contributed by atoms with van der Waals surface area (Å²) < 4.78 is 63.4. The SMILES string of the molecule is Cc1ccc(S(=O)(=O)C(CCCCCc2cccc(C(F)(F)F)c2)C(=O)O)cc1. The molecule has 1 N–H and O–H groups in total. The van der Waals surface area contributed by atoms with Crippen LogP contribution in [0.15, 0.2) is 53.4 Å². The number of aryl methyl sites for hydroxylation is 2. The van der Waals surface area contributed by atoms with E-state index in [9.17, 15) is 31.5 Å². The van der Waals surface area contributed by atoms with Gasteiger partial charge in [-0.05, 0) is 49.9 Å². The van der Waals surface area contributed by atoms with Gasteiger partial charge in [0.1, 0.15) is 0 Å². The van der Waals surface area contributed by atoms with Gasteiger partial charge in [-0.1, -0.05) is 48.7 Å². The molecule has 0 aliphatic rings. The number of hydrogen-bond acceptors (Lipinski definition) is 3. The molecule has 1 unspecified atom stereocenters. The number of alkyl halides is 3. The molecule has 0 radical (unpaired) electrons. The van der Waals surface area contributed by atoms with Crippen molar-refractivity contribution in [2.24, 2.45) is 0 Å². The monoisotopic (exact) mass is 428 g/mol. The van der Waals surface area contributed by atoms with Crippen LogP contribution in [0.2, 0.25) is 0 Å². The summed E-state index contributed by atoms with van der Waals surface area (Å²) in [6.45, 7) is 1.80. The number of unbranched alkanes of at least 4 members (excludes halogenated alkanes) is 2. The van der Waals surface area contributed by atoms with E-state index in [1.54, 1.807) is 25.1 Å². The highest BCUT2D eigenvalue weighted by Crippen LogP contribution is 2.30. The minimum Gasteiger partial charge on any atom is -0.480 e. The van der Waals surface area contributed by atoms with Crippen LogP contribution in [0, 0.1) is 6.92 Å². The summed E-state index contributed by atoms with van der Waals surface area (Å²) in [5.74, 6) is -1.40. The van der Waals surface area contributed by atoms with Crippen molar-refractivity contribution in [1.29, 1.82) is 0 Å². The standard InChI is InChI=1S/C21H23F3O4S/c1-15-10-12-18(13-11-15)29(27,28)19(20(25)26)9-4-2-3-6-16-7-5-8-17(14-16)21(22,23)24/h5,7-8,10-14,19H,2-4,6,9H2,1H3,(H,25,26). The van der Waals surface area contributed by atoms with Gasteiger partial charge < -0.3 is 5.11 Å². The van der Waals surface area contributed by atoms with Crippen LogP contribution in [0.25, 0.3) is 0 Å². The van der Waals surface area contributed by atoms with Gasteiger partial charge in [0.25, 0.3) is 0 Å². The highest BCUT2D eigenvalue weighted by molar-refractivity contribution is 7.92. The van der Waals surface area contributed by atoms with Crippen LogP contribution in [0.5, 0.6) is 0 Å². The Morgan fingerprint density at radius 2 is 1.69 bits per heavy atom. The van der Waals surface area contributed by atoms with E-state index in [0.717, 1.165) is 17.7 Å². The molecule has 29 heavy (non-hydrogen) atoms. The first kappa shape index (κ1) is 22.9. The van der Waals surface area contributed by atoms with E-state index in [-0.39, 0.29) is 11.3 Å². The van der Waals surface area contributed by atoms with Crippen molar-refractivity contribution in [1.82, 2.24) is 0 Å². The number of carboxylic acids is 1. The molecule has 0 aliphatic carbocycles. The third-order valence-corrected chi connectivity index (χ3v) is 6.80. The molecule has 8 heteroatoms. The molecule has 0 amide bonds. The Kier molecular flexibility index (Phi) is 7.46. The predicted molar refractivity (Wildman–Crippen MR) is 103 cm³/mol. The van der Waals surface area contributed by atoms with E-state index in [2.05, 4.69) is 0 Å². The summed E-state index contributed by atoms with van der Waals surface area (Å²) >= 11 is 0. The molecule has 2 aromatic rings. The molecular formula is C21H23F3O4S. The van der Waals surface area contributed by atoms with E-state index in [4.69, 9.17) is 0 Å². The van der Waals surface area contributed by atoms with Crippen molar-refractivity contribution in [2.45, 2.75) is 55.3 Å². The van der Waals surface area contributed by atoms with Gasteiger partial charge in [0.15, 0.2) is 15.1 Å². The Morgan fingerprint density at radius 3 is 2.28 bits per heavy atom. The number of rotatable bonds is 9. The number of halogens is 3. The van der Waals surface area contributed by atoms with Crippen molar-refractivity contribution in [3.8, 4) is 0 Å². The van der Waals surface area contributed by atoms with Crippen LogP contribution < -0.4 is 0 Å². The van der Waals surface area contributed by atoms with Gasteiger partial charge in [0, 0.05) is 0 Å². The van der Waals surface area contributed by atoms with Crippen LogP contribution in [-0.4, -0.2) is 24.7 Å². The van der Waals surface area contributed by atoms with Crippen LogP contribution in [0.4, 0.5) is 13.2 Å². The lowest BCUT2D eigenvalue weighted by molar-refractivity contribution is -0.138. The van der Waals surface area contributed by atoms with E-state index in [0.29, 0.717) is 31.2 Å². The minimum atomic E-state index is -4.39. The average Bonchev–Trinajstić information content (AvgIpc) is 2.64. The van der Waals surface area contributed by atoms with Crippen LogP contribution in [0.3, 0.4) is 0 Å². The number of carboxylic acid groups (broad SMARTS) is 1. The van der Waals surface area contributed by atoms with Crippen molar-refractivity contribution in [3.63, 3.8) is 0 Å². The molecule has 0 aliphatic heterocycles. The fourth-order valence-corrected chi connectivity index (χ4v) is 4.63. The summed E-state index contributed by atoms with van der Waals surface area (Å²) in [6.07, 6.45) is -2.63. The van der Waals surface area contributed by atoms with Gasteiger partial charge in [-0.25, -0.2) is 8.42 Å². The second-order valence-corrected chi connectivity index (χ2v) is 9.11. The fraction of sp³-hybridized carbons (Fsp3) is 0.381. The lowest BCUT2D eigenvalue weighted by atomic mass is 10.0. The molecule has 2 aromatic carbocycles. The number of benzene rings is 2. The molecule has 158 valence electrons. The molecule has 0 fully saturated rings. The summed E-state index contributed by atoms with van der Waals surface area (Å²) in [4.78, 5) is 11.5.